The lowest BCUT2D eigenvalue weighted by Gasteiger charge is -2.37. The lowest BCUT2D eigenvalue weighted by atomic mass is 10.0. The molecule has 2 N–H and O–H groups in total. The summed E-state index contributed by atoms with van der Waals surface area (Å²) in [6, 6.07) is 5.45. The van der Waals surface area contributed by atoms with Gasteiger partial charge in [0.2, 0.25) is 5.88 Å². The minimum absolute atomic E-state index is 0.0999. The first-order valence-electron chi connectivity index (χ1n) is 7.88. The zero-order valence-electron chi connectivity index (χ0n) is 14.9. The van der Waals surface area contributed by atoms with E-state index in [1.54, 1.807) is 46.2 Å². The Morgan fingerprint density at radius 2 is 2.00 bits per heavy atom. The molecule has 0 aliphatic carbocycles. The lowest BCUT2D eigenvalue weighted by Crippen LogP contribution is -2.54. The highest BCUT2D eigenvalue weighted by atomic mass is 35.5. The van der Waals surface area contributed by atoms with Gasteiger partial charge >= 0.3 is 0 Å². The Bertz CT molecular complexity index is 998. The number of nitrogens with two attached hydrogens (primary N) is 1. The van der Waals surface area contributed by atoms with E-state index < -0.39 is 20.1 Å². The Balaban J connectivity index is 2.11. The minimum atomic E-state index is -3.49. The maximum absolute atomic E-state index is 12.8. The first-order chi connectivity index (χ1) is 12.0. The molecule has 1 aliphatic heterocycles. The second-order valence-electron chi connectivity index (χ2n) is 6.91. The summed E-state index contributed by atoms with van der Waals surface area (Å²) in [5.41, 5.74) is 5.88. The van der Waals surface area contributed by atoms with Crippen LogP contribution in [0.25, 0.3) is 10.4 Å². The van der Waals surface area contributed by atoms with Gasteiger partial charge in [-0.1, -0.05) is 11.6 Å². The maximum atomic E-state index is 12.8. The molecule has 1 atom stereocenters. The highest BCUT2D eigenvalue weighted by Crippen LogP contribution is 2.45. The molecule has 9 heteroatoms. The van der Waals surface area contributed by atoms with Gasteiger partial charge in [-0.25, -0.2) is 13.4 Å². The molecule has 3 rings (SSSR count). The molecule has 2 aromatic heterocycles. The first kappa shape index (κ1) is 19.1. The fourth-order valence-electron chi connectivity index (χ4n) is 2.81. The molecule has 0 bridgehead atoms. The van der Waals surface area contributed by atoms with Gasteiger partial charge in [0.1, 0.15) is 16.1 Å². The van der Waals surface area contributed by atoms with Crippen molar-refractivity contribution in [3.8, 4) is 16.3 Å². The number of pyridine rings is 1. The number of rotatable bonds is 3. The largest absolute Gasteiger partial charge is 0.481 e. The topological polar surface area (TPSA) is 94.6 Å². The van der Waals surface area contributed by atoms with E-state index in [-0.39, 0.29) is 11.6 Å². The molecule has 26 heavy (non-hydrogen) atoms. The fourth-order valence-corrected chi connectivity index (χ4v) is 6.21. The number of aromatic nitrogens is 1. The molecule has 6 nitrogen and oxygen atoms in total. The van der Waals surface area contributed by atoms with Crippen molar-refractivity contribution in [3.63, 3.8) is 0 Å². The number of thiophene rings is 1. The summed E-state index contributed by atoms with van der Waals surface area (Å²) >= 11 is 7.86. The van der Waals surface area contributed by atoms with Crippen LogP contribution in [0, 0.1) is 0 Å². The minimum Gasteiger partial charge on any atom is -0.481 e. The molecule has 0 saturated carbocycles. The molecule has 0 spiro atoms. The first-order valence-corrected chi connectivity index (χ1v) is 10.7. The quantitative estimate of drug-likeness (QED) is 0.833. The summed E-state index contributed by atoms with van der Waals surface area (Å²) < 4.78 is 29.5. The van der Waals surface area contributed by atoms with Crippen LogP contribution in [0.3, 0.4) is 0 Å². The second kappa shape index (κ2) is 6.21. The van der Waals surface area contributed by atoms with Crippen molar-refractivity contribution < 1.29 is 13.2 Å². The van der Waals surface area contributed by atoms with Gasteiger partial charge in [-0.3, -0.25) is 4.99 Å². The third-order valence-electron chi connectivity index (χ3n) is 4.64. The van der Waals surface area contributed by atoms with E-state index in [0.29, 0.717) is 15.8 Å². The third-order valence-corrected chi connectivity index (χ3v) is 9.19. The summed E-state index contributed by atoms with van der Waals surface area (Å²) in [6.07, 6.45) is 1.65. The Kier molecular flexibility index (Phi) is 4.57. The van der Waals surface area contributed by atoms with Crippen LogP contribution < -0.4 is 10.5 Å². The predicted molar refractivity (Wildman–Crippen MR) is 106 cm³/mol. The summed E-state index contributed by atoms with van der Waals surface area (Å²) in [5.74, 6) is 0.444. The molecule has 0 aromatic carbocycles. The van der Waals surface area contributed by atoms with Crippen molar-refractivity contribution in [1.82, 2.24) is 4.98 Å². The average Bonchev–Trinajstić information content (AvgIpc) is 2.95. The van der Waals surface area contributed by atoms with Gasteiger partial charge < -0.3 is 10.5 Å². The van der Waals surface area contributed by atoms with Crippen LogP contribution in [0.15, 0.2) is 29.4 Å². The predicted octanol–water partition coefficient (Wildman–Crippen LogP) is 3.25. The SMILES string of the molecule is COc1cc(-c2cc(Cl)c([C@]3(C)CS(=O)(=O)C(C)(C)C(N)=N3)s2)ccn1. The monoisotopic (exact) mass is 413 g/mol. The van der Waals surface area contributed by atoms with E-state index in [9.17, 15) is 8.42 Å². The number of nitrogens with zero attached hydrogens (tertiary/aromatic N) is 2. The van der Waals surface area contributed by atoms with E-state index in [0.717, 1.165) is 10.4 Å². The Hall–Kier alpha value is -1.64. The van der Waals surface area contributed by atoms with E-state index in [1.807, 2.05) is 6.07 Å². The van der Waals surface area contributed by atoms with Crippen molar-refractivity contribution in [2.75, 3.05) is 12.9 Å². The zero-order valence-corrected chi connectivity index (χ0v) is 17.3. The Labute approximate surface area is 162 Å². The molecule has 0 fully saturated rings. The van der Waals surface area contributed by atoms with Crippen LogP contribution >= 0.6 is 22.9 Å². The molecule has 0 radical (unpaired) electrons. The molecule has 0 amide bonds. The van der Waals surface area contributed by atoms with Crippen LogP contribution in [0.1, 0.15) is 25.6 Å². The van der Waals surface area contributed by atoms with E-state index >= 15 is 0 Å². The number of halogens is 1. The standard InChI is InChI=1S/C17H20ClN3O3S2/c1-16(2)15(19)21-17(3,9-26(16,22)23)14-11(18)8-12(25-14)10-5-6-20-13(7-10)24-4/h5-8H,9H2,1-4H3,(H2,19,21)/t17-/m0/s1. The number of amidine groups is 1. The normalized spacial score (nSPS) is 24.1. The molecule has 2 aromatic rings. The average molecular weight is 414 g/mol. The molecular weight excluding hydrogens is 394 g/mol. The molecule has 1 aliphatic rings. The van der Waals surface area contributed by atoms with Gasteiger partial charge in [0.25, 0.3) is 0 Å². The Morgan fingerprint density at radius 3 is 2.62 bits per heavy atom. The van der Waals surface area contributed by atoms with Gasteiger partial charge in [-0.05, 0) is 38.5 Å². The van der Waals surface area contributed by atoms with Gasteiger partial charge in [-0.15, -0.1) is 11.3 Å². The summed E-state index contributed by atoms with van der Waals surface area (Å²) in [6.45, 7) is 4.90. The molecule has 0 saturated heterocycles. The van der Waals surface area contributed by atoms with Crippen LogP contribution in [0.2, 0.25) is 5.02 Å². The summed E-state index contributed by atoms with van der Waals surface area (Å²) in [7, 11) is -1.94. The van der Waals surface area contributed by atoms with Gasteiger partial charge in [-0.2, -0.15) is 0 Å². The highest BCUT2D eigenvalue weighted by Gasteiger charge is 2.49. The molecule has 3 heterocycles. The summed E-state index contributed by atoms with van der Waals surface area (Å²) in [4.78, 5) is 10.2. The highest BCUT2D eigenvalue weighted by molar-refractivity contribution is 7.93. The van der Waals surface area contributed by atoms with Crippen LogP contribution in [0.4, 0.5) is 0 Å². The third kappa shape index (κ3) is 3.00. The van der Waals surface area contributed by atoms with Gasteiger partial charge in [0.05, 0.1) is 22.8 Å². The van der Waals surface area contributed by atoms with Crippen molar-refractivity contribution >= 4 is 38.6 Å². The van der Waals surface area contributed by atoms with Crippen molar-refractivity contribution in [2.45, 2.75) is 31.1 Å². The van der Waals surface area contributed by atoms with Crippen molar-refractivity contribution in [2.24, 2.45) is 10.7 Å². The molecule has 140 valence electrons. The number of sulfone groups is 1. The lowest BCUT2D eigenvalue weighted by molar-refractivity contribution is 0.398. The maximum Gasteiger partial charge on any atom is 0.213 e. The van der Waals surface area contributed by atoms with E-state index in [2.05, 4.69) is 9.98 Å². The van der Waals surface area contributed by atoms with Gasteiger partial charge in [0, 0.05) is 17.1 Å². The number of hydrogen-bond acceptors (Lipinski definition) is 7. The number of ether oxygens (including phenoxy) is 1. The molecule has 0 unspecified atom stereocenters. The van der Waals surface area contributed by atoms with Crippen LogP contribution in [0.5, 0.6) is 5.88 Å². The summed E-state index contributed by atoms with van der Waals surface area (Å²) in [5, 5.41) is 0.467. The molecular formula is C17H20ClN3O3S2. The number of methoxy groups -OCH3 is 1. The fraction of sp³-hybridized carbons (Fsp3) is 0.412. The second-order valence-corrected chi connectivity index (χ2v) is 10.9. The van der Waals surface area contributed by atoms with Crippen molar-refractivity contribution in [3.05, 3.63) is 34.3 Å². The number of hydrogen-bond donors (Lipinski definition) is 1. The number of aliphatic imine (C=N–C) groups is 1. The van der Waals surface area contributed by atoms with E-state index in [1.165, 1.54) is 11.3 Å². The Morgan fingerprint density at radius 1 is 1.31 bits per heavy atom. The van der Waals surface area contributed by atoms with Crippen molar-refractivity contribution in [1.29, 1.82) is 0 Å². The van der Waals surface area contributed by atoms with Gasteiger partial charge in [0.15, 0.2) is 9.84 Å². The smallest absolute Gasteiger partial charge is 0.213 e. The van der Waals surface area contributed by atoms with Crippen LogP contribution in [-0.2, 0) is 15.4 Å². The van der Waals surface area contributed by atoms with E-state index in [4.69, 9.17) is 22.1 Å². The van der Waals surface area contributed by atoms with Crippen LogP contribution in [-0.4, -0.2) is 36.8 Å². The zero-order chi connectivity index (χ0) is 19.3.